The van der Waals surface area contributed by atoms with Gasteiger partial charge >= 0.3 is 5.97 Å². The zero-order valence-corrected chi connectivity index (χ0v) is 10.9. The lowest BCUT2D eigenvalue weighted by molar-refractivity contribution is -0.138. The molecule has 2 rings (SSSR count). The molecule has 1 heterocycles. The van der Waals surface area contributed by atoms with Crippen molar-refractivity contribution in [2.24, 2.45) is 5.41 Å². The Labute approximate surface area is 103 Å². The minimum absolute atomic E-state index is 0.100. The van der Waals surface area contributed by atoms with Gasteiger partial charge in [0.1, 0.15) is 5.01 Å². The first-order chi connectivity index (χ1) is 7.60. The van der Waals surface area contributed by atoms with Crippen molar-refractivity contribution < 1.29 is 9.90 Å². The second-order valence-electron chi connectivity index (χ2n) is 4.45. The third-order valence-corrected chi connectivity index (χ3v) is 5.23. The van der Waals surface area contributed by atoms with Crippen molar-refractivity contribution in [3.8, 4) is 0 Å². The zero-order chi connectivity index (χ0) is 11.6. The summed E-state index contributed by atoms with van der Waals surface area (Å²) in [6.07, 6.45) is 2.48. The lowest BCUT2D eigenvalue weighted by Gasteiger charge is -2.10. The van der Waals surface area contributed by atoms with Crippen molar-refractivity contribution in [1.82, 2.24) is 4.98 Å². The van der Waals surface area contributed by atoms with Gasteiger partial charge in [0.05, 0.1) is 6.42 Å². The number of carboxylic acids is 1. The van der Waals surface area contributed by atoms with Gasteiger partial charge in [0.25, 0.3) is 0 Å². The molecule has 88 valence electrons. The molecule has 1 aliphatic carbocycles. The molecule has 3 nitrogen and oxygen atoms in total. The van der Waals surface area contributed by atoms with Crippen molar-refractivity contribution in [2.45, 2.75) is 31.9 Å². The van der Waals surface area contributed by atoms with Gasteiger partial charge in [-0.3, -0.25) is 4.79 Å². The highest BCUT2D eigenvalue weighted by Crippen LogP contribution is 2.51. The summed E-state index contributed by atoms with van der Waals surface area (Å²) in [4.78, 5) is 15.1. The highest BCUT2D eigenvalue weighted by molar-refractivity contribution is 7.98. The van der Waals surface area contributed by atoms with E-state index in [9.17, 15) is 4.79 Å². The molecule has 0 spiro atoms. The molecule has 0 aliphatic heterocycles. The average molecular weight is 257 g/mol. The Morgan fingerprint density at radius 1 is 1.69 bits per heavy atom. The first-order valence-electron chi connectivity index (χ1n) is 5.30. The van der Waals surface area contributed by atoms with E-state index in [0.717, 1.165) is 35.0 Å². The highest BCUT2D eigenvalue weighted by Gasteiger charge is 2.44. The molecular formula is C11H15NO2S2. The maximum Gasteiger partial charge on any atom is 0.303 e. The lowest BCUT2D eigenvalue weighted by Crippen LogP contribution is -2.11. The average Bonchev–Trinajstić information content (AvgIpc) is 2.80. The van der Waals surface area contributed by atoms with Gasteiger partial charge in [0.15, 0.2) is 0 Å². The number of hydrogen-bond donors (Lipinski definition) is 1. The van der Waals surface area contributed by atoms with Gasteiger partial charge in [0.2, 0.25) is 0 Å². The van der Waals surface area contributed by atoms with E-state index in [4.69, 9.17) is 5.11 Å². The van der Waals surface area contributed by atoms with E-state index in [1.807, 2.05) is 18.7 Å². The van der Waals surface area contributed by atoms with E-state index < -0.39 is 5.97 Å². The van der Waals surface area contributed by atoms with E-state index in [0.29, 0.717) is 6.42 Å². The SMILES string of the molecule is Cc1csc(CSCC2(CC(=O)O)CC2)n1. The largest absolute Gasteiger partial charge is 0.481 e. The van der Waals surface area contributed by atoms with Crippen LogP contribution in [-0.4, -0.2) is 21.8 Å². The monoisotopic (exact) mass is 257 g/mol. The fourth-order valence-corrected chi connectivity index (χ4v) is 3.94. The number of carbonyl (C=O) groups is 1. The summed E-state index contributed by atoms with van der Waals surface area (Å²) in [6.45, 7) is 2.00. The van der Waals surface area contributed by atoms with Gasteiger partial charge in [-0.2, -0.15) is 11.8 Å². The summed E-state index contributed by atoms with van der Waals surface area (Å²) in [6, 6.07) is 0. The van der Waals surface area contributed by atoms with Crippen LogP contribution < -0.4 is 0 Å². The Balaban J connectivity index is 1.74. The van der Waals surface area contributed by atoms with Crippen LogP contribution in [0.3, 0.4) is 0 Å². The number of thioether (sulfide) groups is 1. The maximum atomic E-state index is 10.7. The van der Waals surface area contributed by atoms with Crippen LogP contribution in [0, 0.1) is 12.3 Å². The third kappa shape index (κ3) is 3.22. The first-order valence-corrected chi connectivity index (χ1v) is 7.34. The Morgan fingerprint density at radius 3 is 2.94 bits per heavy atom. The molecule has 1 fully saturated rings. The molecule has 0 radical (unpaired) electrons. The standard InChI is InChI=1S/C11H15NO2S2/c1-8-5-16-9(12-8)6-15-7-11(2-3-11)4-10(13)14/h5H,2-4,6-7H2,1H3,(H,13,14). The molecule has 0 bridgehead atoms. The Kier molecular flexibility index (Phi) is 3.54. The van der Waals surface area contributed by atoms with Crippen LogP contribution in [-0.2, 0) is 10.5 Å². The summed E-state index contributed by atoms with van der Waals surface area (Å²) < 4.78 is 0. The Morgan fingerprint density at radius 2 is 2.44 bits per heavy atom. The van der Waals surface area contributed by atoms with E-state index >= 15 is 0 Å². The van der Waals surface area contributed by atoms with Gasteiger partial charge in [-0.15, -0.1) is 11.3 Å². The minimum Gasteiger partial charge on any atom is -0.481 e. The van der Waals surface area contributed by atoms with E-state index in [2.05, 4.69) is 10.4 Å². The second kappa shape index (κ2) is 4.75. The molecule has 0 amide bonds. The molecule has 1 N–H and O–H groups in total. The molecule has 1 aliphatic rings. The molecule has 0 aromatic carbocycles. The van der Waals surface area contributed by atoms with Crippen molar-refractivity contribution in [3.05, 3.63) is 16.1 Å². The number of aromatic nitrogens is 1. The predicted octanol–water partition coefficient (Wildman–Crippen LogP) is 2.94. The number of aliphatic carboxylic acids is 1. The van der Waals surface area contributed by atoms with Crippen LogP contribution in [0.1, 0.15) is 30.0 Å². The number of carboxylic acid groups (broad SMARTS) is 1. The third-order valence-electron chi connectivity index (χ3n) is 2.78. The zero-order valence-electron chi connectivity index (χ0n) is 9.23. The predicted molar refractivity (Wildman–Crippen MR) is 66.9 cm³/mol. The maximum absolute atomic E-state index is 10.7. The van der Waals surface area contributed by atoms with Crippen LogP contribution >= 0.6 is 23.1 Å². The van der Waals surface area contributed by atoms with Crippen LogP contribution in [0.2, 0.25) is 0 Å². The van der Waals surface area contributed by atoms with Gasteiger partial charge in [-0.05, 0) is 30.9 Å². The van der Waals surface area contributed by atoms with E-state index in [1.165, 1.54) is 0 Å². The van der Waals surface area contributed by atoms with Gasteiger partial charge in [-0.25, -0.2) is 4.98 Å². The fourth-order valence-electron chi connectivity index (χ4n) is 1.69. The van der Waals surface area contributed by atoms with Crippen LogP contribution in [0.5, 0.6) is 0 Å². The summed E-state index contributed by atoms with van der Waals surface area (Å²) in [5.41, 5.74) is 1.18. The van der Waals surface area contributed by atoms with Crippen molar-refractivity contribution >= 4 is 29.1 Å². The van der Waals surface area contributed by atoms with Crippen LogP contribution in [0.4, 0.5) is 0 Å². The Bertz CT molecular complexity index is 385. The summed E-state index contributed by atoms with van der Waals surface area (Å²) in [5, 5.41) is 12.0. The van der Waals surface area contributed by atoms with Crippen molar-refractivity contribution in [3.63, 3.8) is 0 Å². The van der Waals surface area contributed by atoms with Crippen molar-refractivity contribution in [1.29, 1.82) is 0 Å². The molecule has 16 heavy (non-hydrogen) atoms. The molecular weight excluding hydrogens is 242 g/mol. The summed E-state index contributed by atoms with van der Waals surface area (Å²) in [5.74, 6) is 1.21. The van der Waals surface area contributed by atoms with Gasteiger partial charge in [0, 0.05) is 16.8 Å². The minimum atomic E-state index is -0.664. The molecule has 1 aromatic rings. The molecule has 0 atom stereocenters. The second-order valence-corrected chi connectivity index (χ2v) is 6.37. The molecule has 0 unspecified atom stereocenters. The van der Waals surface area contributed by atoms with Crippen LogP contribution in [0.25, 0.3) is 0 Å². The number of rotatable bonds is 6. The number of nitrogens with zero attached hydrogens (tertiary/aromatic N) is 1. The fraction of sp³-hybridized carbons (Fsp3) is 0.636. The van der Waals surface area contributed by atoms with E-state index in [-0.39, 0.29) is 5.41 Å². The lowest BCUT2D eigenvalue weighted by atomic mass is 10.1. The quantitative estimate of drug-likeness (QED) is 0.851. The van der Waals surface area contributed by atoms with Gasteiger partial charge in [-0.1, -0.05) is 0 Å². The number of aryl methyl sites for hydroxylation is 1. The molecule has 1 aromatic heterocycles. The Hall–Kier alpha value is -0.550. The normalized spacial score (nSPS) is 17.3. The molecule has 0 saturated heterocycles. The van der Waals surface area contributed by atoms with E-state index in [1.54, 1.807) is 11.3 Å². The first kappa shape index (κ1) is 11.9. The summed E-state index contributed by atoms with van der Waals surface area (Å²) >= 11 is 3.50. The number of hydrogen-bond acceptors (Lipinski definition) is 4. The van der Waals surface area contributed by atoms with Crippen molar-refractivity contribution in [2.75, 3.05) is 5.75 Å². The summed E-state index contributed by atoms with van der Waals surface area (Å²) in [7, 11) is 0. The molecule has 5 heteroatoms. The highest BCUT2D eigenvalue weighted by atomic mass is 32.2. The topological polar surface area (TPSA) is 50.2 Å². The van der Waals surface area contributed by atoms with Gasteiger partial charge < -0.3 is 5.11 Å². The number of thiazole rings is 1. The smallest absolute Gasteiger partial charge is 0.303 e. The van der Waals surface area contributed by atoms with Crippen LogP contribution in [0.15, 0.2) is 5.38 Å². The molecule has 1 saturated carbocycles.